The number of benzene rings is 2. The van der Waals surface area contributed by atoms with Gasteiger partial charge < -0.3 is 9.15 Å². The predicted molar refractivity (Wildman–Crippen MR) is 114 cm³/mol. The Labute approximate surface area is 184 Å². The molecule has 0 amide bonds. The van der Waals surface area contributed by atoms with Crippen molar-refractivity contribution in [3.05, 3.63) is 71.4 Å². The Morgan fingerprint density at radius 3 is 2.84 bits per heavy atom. The van der Waals surface area contributed by atoms with E-state index in [1.165, 1.54) is 18.4 Å². The number of hydrogen-bond donors (Lipinski definition) is 1. The molecule has 32 heavy (non-hydrogen) atoms. The number of oxazole rings is 1. The first-order chi connectivity index (χ1) is 15.2. The van der Waals surface area contributed by atoms with Crippen LogP contribution in [0.3, 0.4) is 0 Å². The number of para-hydroxylation sites is 1. The van der Waals surface area contributed by atoms with Crippen molar-refractivity contribution in [2.75, 3.05) is 6.26 Å². The standard InChI is InChI=1S/C23H22F2N2O4S/c1-32(28,29)27-16-7-8-23(11-16)10-15-9-14(5-6-19(15)24)18-3-2-4-20(25)21(18)30-12-17-13-31-22(23)26-17/h2-6,9,13,16,27H,7-8,10-12H2,1H3/t16-,23+/m0/s1. The zero-order chi connectivity index (χ0) is 22.5. The number of aromatic nitrogens is 1. The van der Waals surface area contributed by atoms with Crippen LogP contribution in [-0.2, 0) is 28.5 Å². The number of rotatable bonds is 2. The summed E-state index contributed by atoms with van der Waals surface area (Å²) >= 11 is 0. The van der Waals surface area contributed by atoms with Crippen molar-refractivity contribution < 1.29 is 26.4 Å². The normalized spacial score (nSPS) is 22.7. The fourth-order valence-corrected chi connectivity index (χ4v) is 5.65. The summed E-state index contributed by atoms with van der Waals surface area (Å²) in [5.74, 6) is -0.428. The lowest BCUT2D eigenvalue weighted by atomic mass is 9.79. The number of fused-ring (bicyclic) bond motifs is 7. The Morgan fingerprint density at radius 2 is 2.03 bits per heavy atom. The summed E-state index contributed by atoms with van der Waals surface area (Å²) in [6.07, 6.45) is 4.44. The van der Waals surface area contributed by atoms with Crippen molar-refractivity contribution in [3.8, 4) is 16.9 Å². The molecule has 0 saturated heterocycles. The summed E-state index contributed by atoms with van der Waals surface area (Å²) in [7, 11) is -3.39. The monoisotopic (exact) mass is 460 g/mol. The first-order valence-corrected chi connectivity index (χ1v) is 12.2. The molecule has 2 aromatic carbocycles. The van der Waals surface area contributed by atoms with E-state index in [1.807, 2.05) is 0 Å². The second-order valence-corrected chi connectivity index (χ2v) is 10.4. The van der Waals surface area contributed by atoms with Gasteiger partial charge in [-0.15, -0.1) is 0 Å². The largest absolute Gasteiger partial charge is 0.483 e. The maximum Gasteiger partial charge on any atom is 0.208 e. The second kappa shape index (κ2) is 7.67. The molecule has 1 saturated carbocycles. The molecule has 0 unspecified atom stereocenters. The van der Waals surface area contributed by atoms with Crippen molar-refractivity contribution in [1.82, 2.24) is 9.71 Å². The Balaban J connectivity index is 1.63. The molecule has 5 rings (SSSR count). The van der Waals surface area contributed by atoms with Gasteiger partial charge in [0.1, 0.15) is 24.4 Å². The van der Waals surface area contributed by atoms with Gasteiger partial charge in [0.25, 0.3) is 0 Å². The molecule has 1 spiro atoms. The van der Waals surface area contributed by atoms with Crippen LogP contribution in [0.2, 0.25) is 0 Å². The summed E-state index contributed by atoms with van der Waals surface area (Å²) < 4.78 is 67.3. The van der Waals surface area contributed by atoms with Gasteiger partial charge in [-0.2, -0.15) is 0 Å². The molecule has 3 aromatic rings. The third kappa shape index (κ3) is 3.91. The molecule has 4 bridgehead atoms. The number of halogens is 2. The van der Waals surface area contributed by atoms with E-state index in [2.05, 4.69) is 9.71 Å². The zero-order valence-corrected chi connectivity index (χ0v) is 18.2. The molecule has 6 nitrogen and oxygen atoms in total. The summed E-state index contributed by atoms with van der Waals surface area (Å²) in [5.41, 5.74) is 1.40. The Morgan fingerprint density at radius 1 is 1.19 bits per heavy atom. The maximum atomic E-state index is 14.9. The third-order valence-electron chi connectivity index (χ3n) is 6.21. The molecule has 1 N–H and O–H groups in total. The van der Waals surface area contributed by atoms with E-state index in [0.29, 0.717) is 47.5 Å². The van der Waals surface area contributed by atoms with E-state index in [0.717, 1.165) is 6.26 Å². The van der Waals surface area contributed by atoms with E-state index >= 15 is 0 Å². The lowest BCUT2D eigenvalue weighted by Crippen LogP contribution is -2.35. The van der Waals surface area contributed by atoms with Crippen LogP contribution >= 0.6 is 0 Å². The minimum atomic E-state index is -3.39. The summed E-state index contributed by atoms with van der Waals surface area (Å²) in [6, 6.07) is 8.98. The van der Waals surface area contributed by atoms with Crippen LogP contribution in [0, 0.1) is 11.6 Å². The van der Waals surface area contributed by atoms with Crippen molar-refractivity contribution >= 4 is 10.0 Å². The quantitative estimate of drug-likeness (QED) is 0.623. The molecular weight excluding hydrogens is 438 g/mol. The lowest BCUT2D eigenvalue weighted by Gasteiger charge is -2.27. The SMILES string of the molecule is CS(=O)(=O)N[C@H]1CC[C@@]2(Cc3cc(ccc3F)-c3cccc(F)c3OCc3coc2n3)C1. The highest BCUT2D eigenvalue weighted by Crippen LogP contribution is 2.45. The smallest absolute Gasteiger partial charge is 0.208 e. The topological polar surface area (TPSA) is 81.4 Å². The molecule has 0 radical (unpaired) electrons. The van der Waals surface area contributed by atoms with Crippen molar-refractivity contribution in [3.63, 3.8) is 0 Å². The summed E-state index contributed by atoms with van der Waals surface area (Å²) in [5, 5.41) is 0. The van der Waals surface area contributed by atoms with Crippen molar-refractivity contribution in [2.24, 2.45) is 0 Å². The summed E-state index contributed by atoms with van der Waals surface area (Å²) in [4.78, 5) is 4.57. The number of nitrogens with zero attached hydrogens (tertiary/aromatic N) is 1. The Kier molecular flexibility index (Phi) is 5.05. The van der Waals surface area contributed by atoms with Crippen LogP contribution in [0.1, 0.15) is 36.4 Å². The first kappa shape index (κ1) is 21.1. The number of nitrogens with one attached hydrogen (secondary N) is 1. The van der Waals surface area contributed by atoms with E-state index in [4.69, 9.17) is 9.15 Å². The maximum absolute atomic E-state index is 14.9. The van der Waals surface area contributed by atoms with Gasteiger partial charge in [-0.05, 0) is 55.0 Å². The lowest BCUT2D eigenvalue weighted by molar-refractivity contribution is 0.287. The Hall–Kier alpha value is -2.78. The van der Waals surface area contributed by atoms with Crippen LogP contribution in [0.5, 0.6) is 5.75 Å². The van der Waals surface area contributed by atoms with Crippen molar-refractivity contribution in [1.29, 1.82) is 0 Å². The predicted octanol–water partition coefficient (Wildman–Crippen LogP) is 4.09. The van der Waals surface area contributed by atoms with Gasteiger partial charge in [-0.1, -0.05) is 18.2 Å². The molecule has 2 aliphatic rings. The Bertz CT molecular complexity index is 1290. The van der Waals surface area contributed by atoms with Crippen LogP contribution in [0.25, 0.3) is 11.1 Å². The van der Waals surface area contributed by atoms with E-state index in [9.17, 15) is 17.2 Å². The molecule has 1 aliphatic heterocycles. The summed E-state index contributed by atoms with van der Waals surface area (Å²) in [6.45, 7) is 0.00653. The average molecular weight is 461 g/mol. The van der Waals surface area contributed by atoms with Gasteiger partial charge in [0, 0.05) is 11.6 Å². The zero-order valence-electron chi connectivity index (χ0n) is 17.4. The average Bonchev–Trinajstić information content (AvgIpc) is 3.35. The fourth-order valence-electron chi connectivity index (χ4n) is 4.85. The van der Waals surface area contributed by atoms with Gasteiger partial charge in [0.2, 0.25) is 15.9 Å². The molecule has 1 fully saturated rings. The van der Waals surface area contributed by atoms with Gasteiger partial charge in [0.15, 0.2) is 11.6 Å². The minimum Gasteiger partial charge on any atom is -0.483 e. The highest BCUT2D eigenvalue weighted by molar-refractivity contribution is 7.88. The van der Waals surface area contributed by atoms with Crippen molar-refractivity contribution in [2.45, 2.75) is 43.7 Å². The van der Waals surface area contributed by atoms with Gasteiger partial charge in [-0.3, -0.25) is 0 Å². The number of ether oxygens (including phenoxy) is 1. The van der Waals surface area contributed by atoms with E-state index < -0.39 is 27.1 Å². The highest BCUT2D eigenvalue weighted by Gasteiger charge is 2.45. The van der Waals surface area contributed by atoms with E-state index in [1.54, 1.807) is 24.3 Å². The molecule has 1 aromatic heterocycles. The van der Waals surface area contributed by atoms with Crippen LogP contribution < -0.4 is 9.46 Å². The van der Waals surface area contributed by atoms with Gasteiger partial charge in [-0.25, -0.2) is 26.9 Å². The highest BCUT2D eigenvalue weighted by atomic mass is 32.2. The molecule has 1 aliphatic carbocycles. The molecule has 9 heteroatoms. The number of sulfonamides is 1. The minimum absolute atomic E-state index is 0.00653. The van der Waals surface area contributed by atoms with Gasteiger partial charge >= 0.3 is 0 Å². The molecule has 2 atom stereocenters. The van der Waals surface area contributed by atoms with Crippen LogP contribution in [0.4, 0.5) is 8.78 Å². The fraction of sp³-hybridized carbons (Fsp3) is 0.348. The van der Waals surface area contributed by atoms with Crippen LogP contribution in [-0.4, -0.2) is 25.7 Å². The first-order valence-electron chi connectivity index (χ1n) is 10.3. The molecule has 2 heterocycles. The number of hydrogen-bond acceptors (Lipinski definition) is 5. The third-order valence-corrected chi connectivity index (χ3v) is 6.97. The van der Waals surface area contributed by atoms with Gasteiger partial charge in [0.05, 0.1) is 11.7 Å². The van der Waals surface area contributed by atoms with E-state index in [-0.39, 0.29) is 24.8 Å². The molecule has 168 valence electrons. The molecular formula is C23H22F2N2O4S. The van der Waals surface area contributed by atoms with Crippen LogP contribution in [0.15, 0.2) is 47.1 Å². The second-order valence-electron chi connectivity index (χ2n) is 8.64.